The third-order valence-corrected chi connectivity index (χ3v) is 3.83. The first-order chi connectivity index (χ1) is 9.07. The molecule has 1 saturated carbocycles. The Kier molecular flexibility index (Phi) is 3.93. The molecule has 2 amide bonds. The van der Waals surface area contributed by atoms with Crippen LogP contribution >= 0.6 is 0 Å². The standard InChI is InChI=1S/C16H22N2O/c1-4-13(2)17-15(19)18(3)12-16(10-11-16)14-8-6-5-7-9-14/h4-9,13H,1,10-12H2,2-3H3,(H,17,19)/t13-/m1/s1. The second-order valence-electron chi connectivity index (χ2n) is 5.48. The van der Waals surface area contributed by atoms with Gasteiger partial charge in [-0.15, -0.1) is 6.58 Å². The molecule has 0 heterocycles. The van der Waals surface area contributed by atoms with Crippen molar-refractivity contribution in [1.82, 2.24) is 10.2 Å². The van der Waals surface area contributed by atoms with Gasteiger partial charge in [-0.2, -0.15) is 0 Å². The molecule has 102 valence electrons. The first-order valence-corrected chi connectivity index (χ1v) is 6.77. The minimum Gasteiger partial charge on any atom is -0.332 e. The number of hydrogen-bond acceptors (Lipinski definition) is 1. The highest BCUT2D eigenvalue weighted by Crippen LogP contribution is 2.48. The van der Waals surface area contributed by atoms with Crippen molar-refractivity contribution in [2.24, 2.45) is 0 Å². The van der Waals surface area contributed by atoms with Crippen molar-refractivity contribution in [2.75, 3.05) is 13.6 Å². The molecule has 1 N–H and O–H groups in total. The highest BCUT2D eigenvalue weighted by Gasteiger charge is 2.45. The van der Waals surface area contributed by atoms with Crippen molar-refractivity contribution in [3.8, 4) is 0 Å². The van der Waals surface area contributed by atoms with Gasteiger partial charge in [0.05, 0.1) is 0 Å². The molecule has 2 rings (SSSR count). The Morgan fingerprint density at radius 2 is 2.11 bits per heavy atom. The zero-order valence-electron chi connectivity index (χ0n) is 11.7. The van der Waals surface area contributed by atoms with Gasteiger partial charge in [0.1, 0.15) is 0 Å². The number of carbonyl (C=O) groups is 1. The summed E-state index contributed by atoms with van der Waals surface area (Å²) in [5.74, 6) is 0. The lowest BCUT2D eigenvalue weighted by atomic mass is 9.95. The fraction of sp³-hybridized carbons (Fsp3) is 0.438. The van der Waals surface area contributed by atoms with E-state index in [0.29, 0.717) is 0 Å². The molecule has 1 atom stereocenters. The predicted molar refractivity (Wildman–Crippen MR) is 78.2 cm³/mol. The van der Waals surface area contributed by atoms with Crippen LogP contribution in [-0.2, 0) is 5.41 Å². The number of nitrogens with zero attached hydrogens (tertiary/aromatic N) is 1. The van der Waals surface area contributed by atoms with Gasteiger partial charge in [0, 0.05) is 25.0 Å². The van der Waals surface area contributed by atoms with Gasteiger partial charge in [-0.1, -0.05) is 36.4 Å². The molecule has 1 aromatic carbocycles. The summed E-state index contributed by atoms with van der Waals surface area (Å²) in [4.78, 5) is 13.8. The third kappa shape index (κ3) is 3.16. The van der Waals surface area contributed by atoms with Gasteiger partial charge in [-0.25, -0.2) is 4.79 Å². The van der Waals surface area contributed by atoms with Gasteiger partial charge >= 0.3 is 6.03 Å². The molecular weight excluding hydrogens is 236 g/mol. The van der Waals surface area contributed by atoms with Gasteiger partial charge in [0.15, 0.2) is 0 Å². The van der Waals surface area contributed by atoms with Gasteiger partial charge in [-0.05, 0) is 25.3 Å². The smallest absolute Gasteiger partial charge is 0.317 e. The average Bonchev–Trinajstić information content (AvgIpc) is 3.20. The van der Waals surface area contributed by atoms with Crippen molar-refractivity contribution in [3.05, 3.63) is 48.6 Å². The summed E-state index contributed by atoms with van der Waals surface area (Å²) in [6, 6.07) is 10.4. The van der Waals surface area contributed by atoms with E-state index in [0.717, 1.165) is 19.4 Å². The summed E-state index contributed by atoms with van der Waals surface area (Å²) in [5, 5.41) is 2.90. The molecule has 1 aromatic rings. The first kappa shape index (κ1) is 13.7. The fourth-order valence-electron chi connectivity index (χ4n) is 2.37. The van der Waals surface area contributed by atoms with E-state index in [2.05, 4.69) is 36.2 Å². The van der Waals surface area contributed by atoms with E-state index in [1.54, 1.807) is 11.0 Å². The van der Waals surface area contributed by atoms with E-state index in [-0.39, 0.29) is 17.5 Å². The SMILES string of the molecule is C=C[C@@H](C)NC(=O)N(C)CC1(c2ccccc2)CC1. The van der Waals surface area contributed by atoms with E-state index < -0.39 is 0 Å². The maximum absolute atomic E-state index is 12.0. The van der Waals surface area contributed by atoms with E-state index in [1.807, 2.05) is 20.0 Å². The molecule has 0 spiro atoms. The number of rotatable bonds is 5. The molecule has 0 aliphatic heterocycles. The van der Waals surface area contributed by atoms with Crippen LogP contribution in [0.3, 0.4) is 0 Å². The van der Waals surface area contributed by atoms with Crippen LogP contribution in [0.25, 0.3) is 0 Å². The molecular formula is C16H22N2O. The van der Waals surface area contributed by atoms with Crippen molar-refractivity contribution < 1.29 is 4.79 Å². The second-order valence-corrected chi connectivity index (χ2v) is 5.48. The van der Waals surface area contributed by atoms with E-state index in [4.69, 9.17) is 0 Å². The fourth-order valence-corrected chi connectivity index (χ4v) is 2.37. The minimum absolute atomic E-state index is 0.00169. The molecule has 0 saturated heterocycles. The topological polar surface area (TPSA) is 32.3 Å². The predicted octanol–water partition coefficient (Wildman–Crippen LogP) is 2.93. The lowest BCUT2D eigenvalue weighted by molar-refractivity contribution is 0.203. The maximum Gasteiger partial charge on any atom is 0.317 e. The van der Waals surface area contributed by atoms with Crippen LogP contribution in [0, 0.1) is 0 Å². The summed E-state index contributed by atoms with van der Waals surface area (Å²) < 4.78 is 0. The molecule has 1 fully saturated rings. The van der Waals surface area contributed by atoms with E-state index in [1.165, 1.54) is 5.56 Å². The molecule has 3 heteroatoms. The Hall–Kier alpha value is -1.77. The lowest BCUT2D eigenvalue weighted by Gasteiger charge is -2.25. The lowest BCUT2D eigenvalue weighted by Crippen LogP contribution is -2.44. The number of benzene rings is 1. The van der Waals surface area contributed by atoms with Crippen molar-refractivity contribution in [1.29, 1.82) is 0 Å². The first-order valence-electron chi connectivity index (χ1n) is 6.77. The number of hydrogen-bond donors (Lipinski definition) is 1. The Morgan fingerprint density at radius 1 is 1.47 bits per heavy atom. The monoisotopic (exact) mass is 258 g/mol. The number of nitrogens with one attached hydrogen (secondary N) is 1. The van der Waals surface area contributed by atoms with E-state index in [9.17, 15) is 4.79 Å². The Balaban J connectivity index is 1.97. The molecule has 19 heavy (non-hydrogen) atoms. The molecule has 1 aliphatic rings. The summed E-state index contributed by atoms with van der Waals surface area (Å²) in [5.41, 5.74) is 1.51. The Bertz CT molecular complexity index is 451. The second kappa shape index (κ2) is 5.47. The normalized spacial score (nSPS) is 17.4. The van der Waals surface area contributed by atoms with Crippen LogP contribution in [0.4, 0.5) is 4.79 Å². The van der Waals surface area contributed by atoms with Gasteiger partial charge in [-0.3, -0.25) is 0 Å². The van der Waals surface area contributed by atoms with Gasteiger partial charge in [0.25, 0.3) is 0 Å². The molecule has 1 aliphatic carbocycles. The van der Waals surface area contributed by atoms with Crippen LogP contribution in [0.2, 0.25) is 0 Å². The van der Waals surface area contributed by atoms with Crippen molar-refractivity contribution in [2.45, 2.75) is 31.2 Å². The summed E-state index contributed by atoms with van der Waals surface area (Å²) in [7, 11) is 1.86. The van der Waals surface area contributed by atoms with Crippen LogP contribution in [0.5, 0.6) is 0 Å². The molecule has 0 aromatic heterocycles. The molecule has 0 radical (unpaired) electrons. The van der Waals surface area contributed by atoms with Crippen LogP contribution in [0.1, 0.15) is 25.3 Å². The maximum atomic E-state index is 12.0. The zero-order chi connectivity index (χ0) is 13.9. The third-order valence-electron chi connectivity index (χ3n) is 3.83. The Morgan fingerprint density at radius 3 is 2.63 bits per heavy atom. The minimum atomic E-state index is -0.0328. The quantitative estimate of drug-likeness (QED) is 0.809. The van der Waals surface area contributed by atoms with Gasteiger partial charge in [0.2, 0.25) is 0 Å². The number of urea groups is 1. The summed E-state index contributed by atoms with van der Waals surface area (Å²) >= 11 is 0. The van der Waals surface area contributed by atoms with Crippen molar-refractivity contribution in [3.63, 3.8) is 0 Å². The molecule has 3 nitrogen and oxygen atoms in total. The summed E-state index contributed by atoms with van der Waals surface area (Å²) in [6.45, 7) is 6.36. The number of amides is 2. The number of carbonyl (C=O) groups excluding carboxylic acids is 1. The van der Waals surface area contributed by atoms with Crippen LogP contribution < -0.4 is 5.32 Å². The summed E-state index contributed by atoms with van der Waals surface area (Å²) in [6.07, 6.45) is 4.05. The largest absolute Gasteiger partial charge is 0.332 e. The van der Waals surface area contributed by atoms with Crippen LogP contribution in [-0.4, -0.2) is 30.6 Å². The highest BCUT2D eigenvalue weighted by atomic mass is 16.2. The van der Waals surface area contributed by atoms with Crippen molar-refractivity contribution >= 4 is 6.03 Å². The highest BCUT2D eigenvalue weighted by molar-refractivity contribution is 5.74. The zero-order valence-corrected chi connectivity index (χ0v) is 11.7. The number of likely N-dealkylation sites (N-methyl/N-ethyl adjacent to an activating group) is 1. The Labute approximate surface area is 115 Å². The molecule has 0 bridgehead atoms. The van der Waals surface area contributed by atoms with E-state index >= 15 is 0 Å². The molecule has 0 unspecified atom stereocenters. The van der Waals surface area contributed by atoms with Crippen LogP contribution in [0.15, 0.2) is 43.0 Å². The van der Waals surface area contributed by atoms with Gasteiger partial charge < -0.3 is 10.2 Å². The average molecular weight is 258 g/mol.